The van der Waals surface area contributed by atoms with Gasteiger partial charge in [0.1, 0.15) is 5.82 Å². The molecular weight excluding hydrogens is 505 g/mol. The van der Waals surface area contributed by atoms with Gasteiger partial charge in [-0.25, -0.2) is 4.98 Å². The topological polar surface area (TPSA) is 72.7 Å². The van der Waals surface area contributed by atoms with Crippen LogP contribution in [0.2, 0.25) is 0 Å². The number of imidazole rings is 1. The van der Waals surface area contributed by atoms with Gasteiger partial charge in [-0.15, -0.1) is 24.0 Å². The Labute approximate surface area is 204 Å². The number of rotatable bonds is 15. The van der Waals surface area contributed by atoms with E-state index in [1.54, 1.807) is 0 Å². The molecule has 7 nitrogen and oxygen atoms in total. The Balaban J connectivity index is 0.00000480. The molecule has 0 aliphatic heterocycles. The second kappa shape index (κ2) is 18.0. The van der Waals surface area contributed by atoms with Crippen LogP contribution in [-0.4, -0.2) is 61.6 Å². The number of nitrogens with one attached hydrogen (secondary N) is 2. The average molecular weight is 543 g/mol. The third kappa shape index (κ3) is 12.1. The lowest BCUT2D eigenvalue weighted by Crippen LogP contribution is -2.38. The van der Waals surface area contributed by atoms with E-state index in [0.717, 1.165) is 57.3 Å². The molecule has 0 aliphatic carbocycles. The van der Waals surface area contributed by atoms with Crippen LogP contribution >= 0.6 is 24.0 Å². The van der Waals surface area contributed by atoms with Crippen molar-refractivity contribution in [1.29, 1.82) is 0 Å². The van der Waals surface area contributed by atoms with Gasteiger partial charge < -0.3 is 24.7 Å². The summed E-state index contributed by atoms with van der Waals surface area (Å²) >= 11 is 0. The molecule has 0 bridgehead atoms. The number of halogens is 1. The van der Waals surface area contributed by atoms with Crippen molar-refractivity contribution in [1.82, 2.24) is 20.2 Å². The van der Waals surface area contributed by atoms with Crippen LogP contribution in [0.1, 0.15) is 38.1 Å². The largest absolute Gasteiger partial charge is 0.379 e. The van der Waals surface area contributed by atoms with Gasteiger partial charge in [0, 0.05) is 45.1 Å². The zero-order valence-corrected chi connectivity index (χ0v) is 21.2. The molecule has 2 rings (SSSR count). The monoisotopic (exact) mass is 543 g/mol. The van der Waals surface area contributed by atoms with Crippen molar-refractivity contribution in [2.45, 2.75) is 39.7 Å². The highest BCUT2D eigenvalue weighted by molar-refractivity contribution is 14.0. The number of hydrogen-bond donors (Lipinski definition) is 2. The van der Waals surface area contributed by atoms with Crippen molar-refractivity contribution >= 4 is 29.9 Å². The van der Waals surface area contributed by atoms with E-state index >= 15 is 0 Å². The fourth-order valence-electron chi connectivity index (χ4n) is 2.92. The molecule has 0 saturated heterocycles. The summed E-state index contributed by atoms with van der Waals surface area (Å²) in [6, 6.07) is 10.4. The number of hydrogen-bond acceptors (Lipinski definition) is 4. The zero-order valence-electron chi connectivity index (χ0n) is 18.9. The molecule has 0 radical (unpaired) electrons. The lowest BCUT2D eigenvalue weighted by molar-refractivity contribution is 0.0497. The highest BCUT2D eigenvalue weighted by Gasteiger charge is 2.04. The highest BCUT2D eigenvalue weighted by Crippen LogP contribution is 2.05. The Morgan fingerprint density at radius 3 is 2.55 bits per heavy atom. The van der Waals surface area contributed by atoms with Gasteiger partial charge in [-0.3, -0.25) is 4.99 Å². The first kappa shape index (κ1) is 27.4. The molecule has 1 heterocycles. The second-order valence-electron chi connectivity index (χ2n) is 6.97. The molecule has 1 aromatic carbocycles. The molecule has 31 heavy (non-hydrogen) atoms. The Morgan fingerprint density at radius 1 is 1.03 bits per heavy atom. The van der Waals surface area contributed by atoms with Crippen LogP contribution < -0.4 is 10.6 Å². The number of benzene rings is 1. The van der Waals surface area contributed by atoms with Gasteiger partial charge in [0.15, 0.2) is 5.96 Å². The van der Waals surface area contributed by atoms with Crippen LogP contribution in [0.15, 0.2) is 47.7 Å². The Hall–Kier alpha value is -1.65. The van der Waals surface area contributed by atoms with Gasteiger partial charge in [-0.05, 0) is 18.9 Å². The minimum atomic E-state index is 0. The maximum atomic E-state index is 5.58. The van der Waals surface area contributed by atoms with Crippen LogP contribution in [0, 0.1) is 0 Å². The summed E-state index contributed by atoms with van der Waals surface area (Å²) in [4.78, 5) is 9.08. The standard InChI is InChI=1S/C23H37N5O2.HI/c1-3-5-16-29-18-19-30-17-14-27-23(24-4-2)26-12-11-22-25-13-15-28(22)20-21-9-7-6-8-10-21;/h6-10,13,15H,3-5,11-12,14,16-20H2,1-2H3,(H2,24,26,27);1H. The molecule has 0 spiro atoms. The predicted molar refractivity (Wildman–Crippen MR) is 137 cm³/mol. The van der Waals surface area contributed by atoms with E-state index in [1.165, 1.54) is 5.56 Å². The van der Waals surface area contributed by atoms with Gasteiger partial charge in [-0.1, -0.05) is 43.7 Å². The van der Waals surface area contributed by atoms with E-state index < -0.39 is 0 Å². The smallest absolute Gasteiger partial charge is 0.191 e. The van der Waals surface area contributed by atoms with Crippen LogP contribution in [0.4, 0.5) is 0 Å². The molecule has 0 atom stereocenters. The van der Waals surface area contributed by atoms with Crippen LogP contribution in [-0.2, 0) is 22.4 Å². The zero-order chi connectivity index (χ0) is 21.3. The molecule has 0 amide bonds. The molecular formula is C23H38IN5O2. The quantitative estimate of drug-likeness (QED) is 0.156. The van der Waals surface area contributed by atoms with Crippen molar-refractivity contribution < 1.29 is 9.47 Å². The van der Waals surface area contributed by atoms with E-state index in [1.807, 2.05) is 18.5 Å². The average Bonchev–Trinajstić information content (AvgIpc) is 3.20. The summed E-state index contributed by atoms with van der Waals surface area (Å²) in [5, 5.41) is 6.65. The Morgan fingerprint density at radius 2 is 1.81 bits per heavy atom. The maximum absolute atomic E-state index is 5.58. The summed E-state index contributed by atoms with van der Waals surface area (Å²) in [6.07, 6.45) is 6.99. The van der Waals surface area contributed by atoms with Crippen molar-refractivity contribution in [3.63, 3.8) is 0 Å². The maximum Gasteiger partial charge on any atom is 0.191 e. The number of unbranched alkanes of at least 4 members (excludes halogenated alkanes) is 1. The Bertz CT molecular complexity index is 709. The summed E-state index contributed by atoms with van der Waals surface area (Å²) in [7, 11) is 0. The van der Waals surface area contributed by atoms with Crippen molar-refractivity contribution in [3.05, 3.63) is 54.1 Å². The number of ether oxygens (including phenoxy) is 2. The molecule has 2 N–H and O–H groups in total. The predicted octanol–water partition coefficient (Wildman–Crippen LogP) is 3.48. The third-order valence-corrected chi connectivity index (χ3v) is 4.50. The van der Waals surface area contributed by atoms with Crippen molar-refractivity contribution in [2.24, 2.45) is 4.99 Å². The van der Waals surface area contributed by atoms with Crippen molar-refractivity contribution in [3.8, 4) is 0 Å². The minimum absolute atomic E-state index is 0. The van der Waals surface area contributed by atoms with Crippen LogP contribution in [0.5, 0.6) is 0 Å². The molecule has 8 heteroatoms. The van der Waals surface area contributed by atoms with Gasteiger partial charge in [0.2, 0.25) is 0 Å². The molecule has 0 aliphatic rings. The lowest BCUT2D eigenvalue weighted by Gasteiger charge is -2.12. The number of aromatic nitrogens is 2. The van der Waals surface area contributed by atoms with Gasteiger partial charge in [0.25, 0.3) is 0 Å². The highest BCUT2D eigenvalue weighted by atomic mass is 127. The van der Waals surface area contributed by atoms with E-state index in [-0.39, 0.29) is 24.0 Å². The number of nitrogens with zero attached hydrogens (tertiary/aromatic N) is 3. The SMILES string of the molecule is CCCCOCCOCCN=C(NCC)NCCc1nccn1Cc1ccccc1.I. The lowest BCUT2D eigenvalue weighted by atomic mass is 10.2. The summed E-state index contributed by atoms with van der Waals surface area (Å²) in [6.45, 7) is 9.94. The second-order valence-corrected chi connectivity index (χ2v) is 6.97. The molecule has 0 unspecified atom stereocenters. The summed E-state index contributed by atoms with van der Waals surface area (Å²) in [5.41, 5.74) is 1.27. The van der Waals surface area contributed by atoms with Gasteiger partial charge in [-0.2, -0.15) is 0 Å². The normalized spacial score (nSPS) is 11.2. The van der Waals surface area contributed by atoms with Crippen molar-refractivity contribution in [2.75, 3.05) is 46.1 Å². The first-order chi connectivity index (χ1) is 14.8. The van der Waals surface area contributed by atoms with E-state index in [4.69, 9.17) is 9.47 Å². The number of aliphatic imine (C=N–C) groups is 1. The van der Waals surface area contributed by atoms with Gasteiger partial charge >= 0.3 is 0 Å². The van der Waals surface area contributed by atoms with Crippen LogP contribution in [0.25, 0.3) is 0 Å². The first-order valence-electron chi connectivity index (χ1n) is 11.0. The Kier molecular flexibility index (Phi) is 15.9. The van der Waals surface area contributed by atoms with E-state index in [9.17, 15) is 0 Å². The minimum Gasteiger partial charge on any atom is -0.379 e. The summed E-state index contributed by atoms with van der Waals surface area (Å²) in [5.74, 6) is 1.87. The molecule has 0 saturated carbocycles. The van der Waals surface area contributed by atoms with Crippen LogP contribution in [0.3, 0.4) is 0 Å². The molecule has 2 aromatic rings. The van der Waals surface area contributed by atoms with Gasteiger partial charge in [0.05, 0.1) is 26.4 Å². The first-order valence-corrected chi connectivity index (χ1v) is 11.0. The van der Waals surface area contributed by atoms with E-state index in [0.29, 0.717) is 26.4 Å². The molecule has 0 fully saturated rings. The van der Waals surface area contributed by atoms with E-state index in [2.05, 4.69) is 63.3 Å². The fraction of sp³-hybridized carbons (Fsp3) is 0.565. The third-order valence-electron chi connectivity index (χ3n) is 4.50. The molecule has 174 valence electrons. The molecule has 1 aromatic heterocycles. The number of guanidine groups is 1. The fourth-order valence-corrected chi connectivity index (χ4v) is 2.92. The summed E-state index contributed by atoms with van der Waals surface area (Å²) < 4.78 is 13.3.